The van der Waals surface area contributed by atoms with Gasteiger partial charge in [-0.2, -0.15) is 0 Å². The van der Waals surface area contributed by atoms with Crippen molar-refractivity contribution in [2.24, 2.45) is 14.1 Å². The number of carbonyl (C=O) groups excluding carboxylic acids is 1. The number of likely N-dealkylation sites (tertiary alicyclic amines) is 1. The van der Waals surface area contributed by atoms with E-state index >= 15 is 0 Å². The van der Waals surface area contributed by atoms with Gasteiger partial charge in [0, 0.05) is 33.3 Å². The third-order valence-corrected chi connectivity index (χ3v) is 4.96. The lowest BCUT2D eigenvalue weighted by Crippen LogP contribution is -2.51. The number of ether oxygens (including phenoxy) is 1. The number of hydrogen-bond acceptors (Lipinski definition) is 6. The van der Waals surface area contributed by atoms with E-state index in [1.165, 1.54) is 24.7 Å². The van der Waals surface area contributed by atoms with Crippen LogP contribution in [0.25, 0.3) is 0 Å². The molecule has 2 aliphatic rings. The Bertz CT molecular complexity index is 958. The molecule has 1 saturated heterocycles. The van der Waals surface area contributed by atoms with Crippen molar-refractivity contribution in [2.45, 2.75) is 25.2 Å². The molecule has 0 unspecified atom stereocenters. The van der Waals surface area contributed by atoms with Gasteiger partial charge in [-0.05, 0) is 6.42 Å². The number of carbonyl (C=O) groups is 1. The van der Waals surface area contributed by atoms with Crippen molar-refractivity contribution in [3.63, 3.8) is 0 Å². The maximum absolute atomic E-state index is 12.9. The quantitative estimate of drug-likeness (QED) is 0.633. The maximum atomic E-state index is 12.9. The molecule has 1 fully saturated rings. The average Bonchev–Trinajstić information content (AvgIpc) is 3.11. The highest BCUT2D eigenvalue weighted by atomic mass is 16.5. The van der Waals surface area contributed by atoms with Crippen LogP contribution in [0.5, 0.6) is 0 Å². The van der Waals surface area contributed by atoms with Crippen molar-refractivity contribution in [2.75, 3.05) is 13.1 Å². The van der Waals surface area contributed by atoms with Gasteiger partial charge in [-0.1, -0.05) is 5.21 Å². The van der Waals surface area contributed by atoms with Crippen LogP contribution in [-0.2, 0) is 25.4 Å². The number of hydrogen-bond donors (Lipinski definition) is 0. The Kier molecular flexibility index (Phi) is 3.57. The van der Waals surface area contributed by atoms with E-state index in [4.69, 9.17) is 4.74 Å². The summed E-state index contributed by atoms with van der Waals surface area (Å²) in [7, 11) is 2.87. The van der Waals surface area contributed by atoms with Crippen molar-refractivity contribution < 1.29 is 9.53 Å². The minimum absolute atomic E-state index is 0.0225. The van der Waals surface area contributed by atoms with Gasteiger partial charge < -0.3 is 9.64 Å². The van der Waals surface area contributed by atoms with Gasteiger partial charge in [-0.25, -0.2) is 9.48 Å². The van der Waals surface area contributed by atoms with Gasteiger partial charge in [0.15, 0.2) is 0 Å². The summed E-state index contributed by atoms with van der Waals surface area (Å²) in [5, 5.41) is 8.02. The van der Waals surface area contributed by atoms with Gasteiger partial charge in [0.05, 0.1) is 30.6 Å². The second-order valence-corrected chi connectivity index (χ2v) is 6.39. The smallest absolute Gasteiger partial charge is 0.331 e. The third-order valence-electron chi connectivity index (χ3n) is 4.96. The lowest BCUT2D eigenvalue weighted by atomic mass is 10.00. The standard InChI is InChI=1S/C15H18N6O4/c1-18-10(5-13(22)19(2)15(18)24)14(23)20-4-3-12-11(7-20)21-9(8-25-12)6-16-17-21/h5-6,11-12H,3-4,7-8H2,1-2H3/t11-,12+/m0/s1. The topological polar surface area (TPSA) is 104 Å². The van der Waals surface area contributed by atoms with Gasteiger partial charge in [0.1, 0.15) is 5.69 Å². The summed E-state index contributed by atoms with van der Waals surface area (Å²) < 4.78 is 9.81. The molecule has 0 aliphatic carbocycles. The molecule has 0 radical (unpaired) electrons. The van der Waals surface area contributed by atoms with E-state index in [0.29, 0.717) is 26.1 Å². The van der Waals surface area contributed by atoms with Crippen LogP contribution in [0.4, 0.5) is 0 Å². The van der Waals surface area contributed by atoms with E-state index in [9.17, 15) is 14.4 Å². The van der Waals surface area contributed by atoms with Gasteiger partial charge in [0.2, 0.25) is 0 Å². The zero-order valence-electron chi connectivity index (χ0n) is 14.0. The van der Waals surface area contributed by atoms with Crippen LogP contribution in [0, 0.1) is 0 Å². The minimum Gasteiger partial charge on any atom is -0.370 e. The van der Waals surface area contributed by atoms with Crippen LogP contribution in [0.1, 0.15) is 28.6 Å². The molecule has 2 aliphatic heterocycles. The molecule has 10 nitrogen and oxygen atoms in total. The number of aromatic nitrogens is 5. The summed E-state index contributed by atoms with van der Waals surface area (Å²) in [6.45, 7) is 1.35. The molecule has 0 saturated carbocycles. The minimum atomic E-state index is -0.523. The Labute approximate surface area is 142 Å². The SMILES string of the molecule is Cn1c(C(=O)N2CC[C@H]3OCc4cnnn4[C@H]3C2)cc(=O)n(C)c1=O. The largest absolute Gasteiger partial charge is 0.370 e. The normalized spacial score (nSPS) is 22.4. The van der Waals surface area contributed by atoms with E-state index in [1.54, 1.807) is 15.8 Å². The van der Waals surface area contributed by atoms with Gasteiger partial charge in [0.25, 0.3) is 11.5 Å². The van der Waals surface area contributed by atoms with Crippen LogP contribution in [0.15, 0.2) is 21.9 Å². The number of nitrogens with zero attached hydrogens (tertiary/aromatic N) is 6. The van der Waals surface area contributed by atoms with Gasteiger partial charge in [-0.15, -0.1) is 5.10 Å². The first-order valence-electron chi connectivity index (χ1n) is 8.04. The molecule has 0 bridgehead atoms. The van der Waals surface area contributed by atoms with E-state index in [-0.39, 0.29) is 23.7 Å². The predicted molar refractivity (Wildman–Crippen MR) is 85.1 cm³/mol. The zero-order valence-corrected chi connectivity index (χ0v) is 14.0. The second-order valence-electron chi connectivity index (χ2n) is 6.39. The first kappa shape index (κ1) is 15.8. The van der Waals surface area contributed by atoms with E-state index in [1.807, 2.05) is 0 Å². The van der Waals surface area contributed by atoms with Gasteiger partial charge in [-0.3, -0.25) is 18.7 Å². The first-order chi connectivity index (χ1) is 12.0. The molecular formula is C15H18N6O4. The molecule has 4 rings (SSSR count). The fourth-order valence-electron chi connectivity index (χ4n) is 3.46. The molecule has 2 atom stereocenters. The van der Waals surface area contributed by atoms with Gasteiger partial charge >= 0.3 is 5.69 Å². The van der Waals surface area contributed by atoms with Crippen LogP contribution in [-0.4, -0.2) is 54.1 Å². The Morgan fingerprint density at radius 2 is 2.08 bits per heavy atom. The molecule has 132 valence electrons. The maximum Gasteiger partial charge on any atom is 0.331 e. The highest BCUT2D eigenvalue weighted by Crippen LogP contribution is 2.30. The number of amides is 1. The fourth-order valence-corrected chi connectivity index (χ4v) is 3.46. The molecular weight excluding hydrogens is 328 g/mol. The monoisotopic (exact) mass is 346 g/mol. The molecule has 0 spiro atoms. The second kappa shape index (κ2) is 5.66. The number of rotatable bonds is 1. The Morgan fingerprint density at radius 3 is 2.88 bits per heavy atom. The van der Waals surface area contributed by atoms with E-state index in [2.05, 4.69) is 10.3 Å². The molecule has 2 aromatic heterocycles. The highest BCUT2D eigenvalue weighted by molar-refractivity contribution is 5.92. The molecule has 2 aromatic rings. The molecule has 25 heavy (non-hydrogen) atoms. The molecule has 1 amide bonds. The van der Waals surface area contributed by atoms with Crippen LogP contribution in [0.3, 0.4) is 0 Å². The van der Waals surface area contributed by atoms with Crippen molar-refractivity contribution >= 4 is 5.91 Å². The van der Waals surface area contributed by atoms with Crippen molar-refractivity contribution in [3.05, 3.63) is 44.5 Å². The fraction of sp³-hybridized carbons (Fsp3) is 0.533. The van der Waals surface area contributed by atoms with Crippen LogP contribution < -0.4 is 11.2 Å². The van der Waals surface area contributed by atoms with Crippen molar-refractivity contribution in [3.8, 4) is 0 Å². The molecule has 10 heteroatoms. The van der Waals surface area contributed by atoms with E-state index in [0.717, 1.165) is 10.3 Å². The lowest BCUT2D eigenvalue weighted by molar-refractivity contribution is -0.0606. The summed E-state index contributed by atoms with van der Waals surface area (Å²) in [5.74, 6) is -0.344. The third kappa shape index (κ3) is 2.40. The predicted octanol–water partition coefficient (Wildman–Crippen LogP) is -1.34. The number of fused-ring (bicyclic) bond motifs is 3. The highest BCUT2D eigenvalue weighted by Gasteiger charge is 2.38. The summed E-state index contributed by atoms with van der Waals surface area (Å²) in [6.07, 6.45) is 2.29. The molecule has 0 aromatic carbocycles. The summed E-state index contributed by atoms with van der Waals surface area (Å²) in [6, 6.07) is 1.08. The Hall–Kier alpha value is -2.75. The summed E-state index contributed by atoms with van der Waals surface area (Å²) in [4.78, 5) is 38.5. The number of piperidine rings is 1. The van der Waals surface area contributed by atoms with Crippen molar-refractivity contribution in [1.82, 2.24) is 29.0 Å². The average molecular weight is 346 g/mol. The Balaban J connectivity index is 1.65. The first-order valence-corrected chi connectivity index (χ1v) is 8.04. The molecule has 0 N–H and O–H groups in total. The van der Waals surface area contributed by atoms with E-state index < -0.39 is 11.2 Å². The summed E-state index contributed by atoms with van der Waals surface area (Å²) >= 11 is 0. The van der Waals surface area contributed by atoms with Crippen LogP contribution in [0.2, 0.25) is 0 Å². The lowest BCUT2D eigenvalue weighted by Gasteiger charge is -2.41. The Morgan fingerprint density at radius 1 is 1.28 bits per heavy atom. The summed E-state index contributed by atoms with van der Waals surface area (Å²) in [5.41, 5.74) is -0.0650. The van der Waals surface area contributed by atoms with Crippen molar-refractivity contribution in [1.29, 1.82) is 0 Å². The molecule has 4 heterocycles. The van der Waals surface area contributed by atoms with Crippen LogP contribution >= 0.6 is 0 Å². The zero-order chi connectivity index (χ0) is 17.7.